The molecule has 5 rings (SSSR count). The number of esters is 1. The topological polar surface area (TPSA) is 96.8 Å². The van der Waals surface area contributed by atoms with Gasteiger partial charge in [-0.3, -0.25) is 19.3 Å². The van der Waals surface area contributed by atoms with Crippen LogP contribution in [0.1, 0.15) is 45.0 Å². The van der Waals surface area contributed by atoms with Gasteiger partial charge < -0.3 is 9.84 Å². The van der Waals surface area contributed by atoms with Gasteiger partial charge in [0, 0.05) is 18.2 Å². The van der Waals surface area contributed by atoms with Gasteiger partial charge in [-0.2, -0.15) is 0 Å². The minimum atomic E-state index is -0.955. The minimum absolute atomic E-state index is 0.0505. The first-order valence-corrected chi connectivity index (χ1v) is 13.2. The Hall–Kier alpha value is -4.56. The smallest absolute Gasteiger partial charge is 0.308 e. The summed E-state index contributed by atoms with van der Waals surface area (Å²) < 4.78 is 5.29. The van der Waals surface area contributed by atoms with Crippen LogP contribution < -0.4 is 9.64 Å². The van der Waals surface area contributed by atoms with Crippen LogP contribution in [0.2, 0.25) is 0 Å². The first kappa shape index (κ1) is 26.1. The summed E-state index contributed by atoms with van der Waals surface area (Å²) in [5.41, 5.74) is 4.23. The summed E-state index contributed by atoms with van der Waals surface area (Å²) in [5.74, 6) is -2.00. The van der Waals surface area contributed by atoms with Crippen molar-refractivity contribution in [3.05, 3.63) is 111 Å². The molecule has 196 valence electrons. The number of aromatic nitrogens is 1. The van der Waals surface area contributed by atoms with Gasteiger partial charge in [0.15, 0.2) is 5.76 Å². The van der Waals surface area contributed by atoms with E-state index in [-0.39, 0.29) is 11.3 Å². The molecule has 1 atom stereocenters. The Labute approximate surface area is 230 Å². The summed E-state index contributed by atoms with van der Waals surface area (Å²) in [6, 6.07) is 20.8. The summed E-state index contributed by atoms with van der Waals surface area (Å²) in [7, 11) is 0. The zero-order valence-electron chi connectivity index (χ0n) is 21.9. The quantitative estimate of drug-likeness (QED) is 0.172. The predicted molar refractivity (Wildman–Crippen MR) is 150 cm³/mol. The molecule has 1 unspecified atom stereocenters. The average Bonchev–Trinajstić information content (AvgIpc) is 3.40. The number of rotatable bonds is 6. The van der Waals surface area contributed by atoms with Crippen molar-refractivity contribution in [2.24, 2.45) is 0 Å². The van der Waals surface area contributed by atoms with Crippen molar-refractivity contribution in [1.82, 2.24) is 4.98 Å². The standard InChI is InChI=1S/C31H26N2O5S/c1-17-13-18(2)15-23(14-17)33-26(22-11-8-12-24(16-22)38-20(4)34)25(28(36)31(33)37)27(35)29-19(3)32-30(39-29)21-9-6-5-7-10-21/h5-16,26,36H,1-4H3. The normalized spacial score (nSPS) is 15.1. The molecule has 1 N–H and O–H groups in total. The summed E-state index contributed by atoms with van der Waals surface area (Å²) in [5, 5.41) is 11.9. The SMILES string of the molecule is CC(=O)Oc1cccc(C2C(C(=O)c3sc(-c4ccccc4)nc3C)=C(O)C(=O)N2c2cc(C)cc(C)c2)c1. The van der Waals surface area contributed by atoms with Crippen molar-refractivity contribution in [1.29, 1.82) is 0 Å². The Kier molecular flexibility index (Phi) is 6.89. The van der Waals surface area contributed by atoms with E-state index in [0.29, 0.717) is 26.8 Å². The molecule has 1 aliphatic rings. The number of anilines is 1. The molecular weight excluding hydrogens is 512 g/mol. The molecule has 0 radical (unpaired) electrons. The lowest BCUT2D eigenvalue weighted by molar-refractivity contribution is -0.131. The molecule has 39 heavy (non-hydrogen) atoms. The molecule has 0 fully saturated rings. The molecule has 8 heteroatoms. The van der Waals surface area contributed by atoms with E-state index in [2.05, 4.69) is 4.98 Å². The number of thiazole rings is 1. The van der Waals surface area contributed by atoms with Gasteiger partial charge in [-0.05, 0) is 61.7 Å². The number of hydrogen-bond donors (Lipinski definition) is 1. The van der Waals surface area contributed by atoms with Crippen molar-refractivity contribution in [3.63, 3.8) is 0 Å². The predicted octanol–water partition coefficient (Wildman–Crippen LogP) is 6.44. The van der Waals surface area contributed by atoms with Crippen molar-refractivity contribution in [3.8, 4) is 16.3 Å². The van der Waals surface area contributed by atoms with Gasteiger partial charge in [0.05, 0.1) is 22.2 Å². The van der Waals surface area contributed by atoms with Crippen molar-refractivity contribution >= 4 is 34.7 Å². The lowest BCUT2D eigenvalue weighted by Crippen LogP contribution is -2.31. The average molecular weight is 539 g/mol. The van der Waals surface area contributed by atoms with E-state index in [1.165, 1.54) is 23.2 Å². The Morgan fingerprint density at radius 3 is 2.31 bits per heavy atom. The molecule has 0 bridgehead atoms. The number of aliphatic hydroxyl groups is 1. The Bertz CT molecular complexity index is 1630. The van der Waals surface area contributed by atoms with Gasteiger partial charge in [-0.1, -0.05) is 48.5 Å². The number of aryl methyl sites for hydroxylation is 3. The van der Waals surface area contributed by atoms with E-state index in [4.69, 9.17) is 4.74 Å². The molecule has 7 nitrogen and oxygen atoms in total. The number of amides is 1. The molecule has 0 spiro atoms. The van der Waals surface area contributed by atoms with E-state index in [0.717, 1.165) is 16.7 Å². The Morgan fingerprint density at radius 2 is 1.64 bits per heavy atom. The highest BCUT2D eigenvalue weighted by Gasteiger charge is 2.45. The first-order valence-electron chi connectivity index (χ1n) is 12.3. The fraction of sp³-hybridized carbons (Fsp3) is 0.161. The Morgan fingerprint density at radius 1 is 0.949 bits per heavy atom. The first-order chi connectivity index (χ1) is 18.6. The van der Waals surface area contributed by atoms with E-state index < -0.39 is 29.5 Å². The van der Waals surface area contributed by atoms with Gasteiger partial charge in [0.1, 0.15) is 10.8 Å². The highest BCUT2D eigenvalue weighted by Crippen LogP contribution is 2.44. The summed E-state index contributed by atoms with van der Waals surface area (Å²) >= 11 is 1.22. The number of carbonyl (C=O) groups is 3. The number of carbonyl (C=O) groups excluding carboxylic acids is 3. The largest absolute Gasteiger partial charge is 0.503 e. The minimum Gasteiger partial charge on any atom is -0.503 e. The van der Waals surface area contributed by atoms with E-state index >= 15 is 0 Å². The zero-order valence-corrected chi connectivity index (χ0v) is 22.7. The van der Waals surface area contributed by atoms with Crippen molar-refractivity contribution in [2.45, 2.75) is 33.7 Å². The number of benzene rings is 3. The lowest BCUT2D eigenvalue weighted by Gasteiger charge is -2.27. The van der Waals surface area contributed by atoms with Gasteiger partial charge in [0.2, 0.25) is 5.78 Å². The summed E-state index contributed by atoms with van der Waals surface area (Å²) in [6.45, 7) is 6.87. The second-order valence-corrected chi connectivity index (χ2v) is 10.5. The number of hydrogen-bond acceptors (Lipinski definition) is 7. The fourth-order valence-electron chi connectivity index (χ4n) is 4.86. The summed E-state index contributed by atoms with van der Waals surface area (Å²) in [4.78, 5) is 45.7. The van der Waals surface area contributed by atoms with Crippen LogP contribution in [-0.4, -0.2) is 27.8 Å². The molecule has 2 heterocycles. The van der Waals surface area contributed by atoms with Crippen LogP contribution in [0.5, 0.6) is 5.75 Å². The van der Waals surface area contributed by atoms with Gasteiger partial charge in [-0.15, -0.1) is 11.3 Å². The fourth-order valence-corrected chi connectivity index (χ4v) is 5.88. The Balaban J connectivity index is 1.66. The van der Waals surface area contributed by atoms with Gasteiger partial charge >= 0.3 is 5.97 Å². The van der Waals surface area contributed by atoms with Crippen LogP contribution in [0.25, 0.3) is 10.6 Å². The molecule has 0 aliphatic carbocycles. The lowest BCUT2D eigenvalue weighted by atomic mass is 9.94. The molecule has 1 aromatic heterocycles. The molecule has 3 aromatic carbocycles. The third-order valence-corrected chi connectivity index (χ3v) is 7.60. The van der Waals surface area contributed by atoms with E-state index in [1.54, 1.807) is 31.2 Å². The van der Waals surface area contributed by atoms with Crippen LogP contribution in [0.3, 0.4) is 0 Å². The molecule has 1 aliphatic heterocycles. The molecule has 0 saturated carbocycles. The van der Waals surface area contributed by atoms with Crippen LogP contribution >= 0.6 is 11.3 Å². The highest BCUT2D eigenvalue weighted by molar-refractivity contribution is 7.17. The number of ketones is 1. The van der Waals surface area contributed by atoms with E-state index in [1.807, 2.05) is 62.4 Å². The summed E-state index contributed by atoms with van der Waals surface area (Å²) in [6.07, 6.45) is 0. The van der Waals surface area contributed by atoms with Gasteiger partial charge in [-0.25, -0.2) is 4.98 Å². The number of ether oxygens (including phenoxy) is 1. The third kappa shape index (κ3) is 4.98. The maximum Gasteiger partial charge on any atom is 0.308 e. The zero-order chi connectivity index (χ0) is 27.8. The third-order valence-electron chi connectivity index (χ3n) is 6.40. The second kappa shape index (κ2) is 10.3. The molecule has 1 amide bonds. The molecular formula is C31H26N2O5S. The highest BCUT2D eigenvalue weighted by atomic mass is 32.1. The molecule has 4 aromatic rings. The maximum absolute atomic E-state index is 14.1. The van der Waals surface area contributed by atoms with Crippen LogP contribution in [0.4, 0.5) is 5.69 Å². The molecule has 0 saturated heterocycles. The number of Topliss-reactive ketones (excluding diaryl/α,β-unsaturated/α-hetero) is 1. The van der Waals surface area contributed by atoms with Crippen LogP contribution in [-0.2, 0) is 9.59 Å². The second-order valence-electron chi connectivity index (χ2n) is 9.48. The number of aliphatic hydroxyl groups excluding tert-OH is 1. The van der Waals surface area contributed by atoms with Crippen LogP contribution in [0.15, 0.2) is 84.1 Å². The van der Waals surface area contributed by atoms with Gasteiger partial charge in [0.25, 0.3) is 5.91 Å². The van der Waals surface area contributed by atoms with E-state index in [9.17, 15) is 19.5 Å². The van der Waals surface area contributed by atoms with Crippen molar-refractivity contribution < 1.29 is 24.2 Å². The van der Waals surface area contributed by atoms with Crippen LogP contribution in [0, 0.1) is 20.8 Å². The van der Waals surface area contributed by atoms with Crippen molar-refractivity contribution in [2.75, 3.05) is 4.90 Å². The monoisotopic (exact) mass is 538 g/mol. The maximum atomic E-state index is 14.1. The number of nitrogens with zero attached hydrogens (tertiary/aromatic N) is 2.